The summed E-state index contributed by atoms with van der Waals surface area (Å²) in [5, 5.41) is 14.9. The summed E-state index contributed by atoms with van der Waals surface area (Å²) in [4.78, 5) is 16.4. The van der Waals surface area contributed by atoms with E-state index in [1.54, 1.807) is 42.8 Å². The Balaban J connectivity index is 1.71. The van der Waals surface area contributed by atoms with Gasteiger partial charge in [-0.2, -0.15) is 5.26 Å². The Kier molecular flexibility index (Phi) is 4.54. The van der Waals surface area contributed by atoms with Crippen molar-refractivity contribution in [2.24, 2.45) is 0 Å². The summed E-state index contributed by atoms with van der Waals surface area (Å²) in [6.45, 7) is 0.497. The van der Waals surface area contributed by atoms with E-state index in [0.29, 0.717) is 29.0 Å². The molecule has 0 unspecified atom stereocenters. The molecule has 0 aliphatic heterocycles. The van der Waals surface area contributed by atoms with Crippen molar-refractivity contribution >= 4 is 17.3 Å². The van der Waals surface area contributed by atoms with Gasteiger partial charge in [0.05, 0.1) is 35.3 Å². The number of nitrogens with one attached hydrogen (secondary N) is 2. The van der Waals surface area contributed by atoms with Crippen LogP contribution in [0.15, 0.2) is 65.5 Å². The van der Waals surface area contributed by atoms with Crippen molar-refractivity contribution in [3.63, 3.8) is 0 Å². The quantitative estimate of drug-likeness (QED) is 0.752. The molecule has 0 spiro atoms. The predicted octanol–water partition coefficient (Wildman–Crippen LogP) is 3.41. The molecule has 1 aromatic carbocycles. The van der Waals surface area contributed by atoms with Gasteiger partial charge in [0.2, 0.25) is 0 Å². The first-order chi connectivity index (χ1) is 11.8. The lowest BCUT2D eigenvalue weighted by atomic mass is 10.2. The Bertz CT molecular complexity index is 882. The summed E-state index contributed by atoms with van der Waals surface area (Å²) in [5.41, 5.74) is 1.98. The van der Waals surface area contributed by atoms with Gasteiger partial charge in [-0.3, -0.25) is 9.78 Å². The molecule has 2 heterocycles. The predicted molar refractivity (Wildman–Crippen MR) is 89.4 cm³/mol. The van der Waals surface area contributed by atoms with Gasteiger partial charge >= 0.3 is 0 Å². The van der Waals surface area contributed by atoms with Crippen LogP contribution < -0.4 is 10.6 Å². The first-order valence-electron chi connectivity index (χ1n) is 7.28. The number of nitrogens with zero attached hydrogens (tertiary/aromatic N) is 2. The second-order valence-electron chi connectivity index (χ2n) is 5.01. The maximum Gasteiger partial charge on any atom is 0.257 e. The Morgan fingerprint density at radius 3 is 2.88 bits per heavy atom. The fourth-order valence-electron chi connectivity index (χ4n) is 2.15. The molecule has 0 aliphatic carbocycles. The van der Waals surface area contributed by atoms with Crippen molar-refractivity contribution in [3.8, 4) is 6.07 Å². The number of pyridine rings is 1. The Labute approximate surface area is 138 Å². The van der Waals surface area contributed by atoms with E-state index in [9.17, 15) is 4.79 Å². The lowest BCUT2D eigenvalue weighted by Gasteiger charge is -2.08. The lowest BCUT2D eigenvalue weighted by molar-refractivity contribution is 0.102. The number of furan rings is 1. The van der Waals surface area contributed by atoms with Crippen molar-refractivity contribution in [3.05, 3.63) is 78.0 Å². The molecule has 0 radical (unpaired) electrons. The minimum absolute atomic E-state index is 0.327. The first kappa shape index (κ1) is 15.3. The fraction of sp³-hybridized carbons (Fsp3) is 0.0556. The Morgan fingerprint density at radius 2 is 2.08 bits per heavy atom. The number of rotatable bonds is 5. The van der Waals surface area contributed by atoms with Crippen LogP contribution in [0.4, 0.5) is 11.4 Å². The number of carbonyl (C=O) groups excluding carboxylic acids is 1. The van der Waals surface area contributed by atoms with Crippen LogP contribution in [0.5, 0.6) is 0 Å². The minimum Gasteiger partial charge on any atom is -0.467 e. The van der Waals surface area contributed by atoms with Crippen molar-refractivity contribution in [1.29, 1.82) is 5.26 Å². The van der Waals surface area contributed by atoms with E-state index in [4.69, 9.17) is 9.68 Å². The molecular weight excluding hydrogens is 304 g/mol. The zero-order valence-electron chi connectivity index (χ0n) is 12.7. The van der Waals surface area contributed by atoms with Gasteiger partial charge < -0.3 is 15.1 Å². The zero-order valence-corrected chi connectivity index (χ0v) is 12.7. The van der Waals surface area contributed by atoms with Gasteiger partial charge in [0.15, 0.2) is 0 Å². The minimum atomic E-state index is -0.327. The second kappa shape index (κ2) is 7.11. The number of amides is 1. The molecule has 0 saturated heterocycles. The highest BCUT2D eigenvalue weighted by molar-refractivity contribution is 6.05. The van der Waals surface area contributed by atoms with Gasteiger partial charge in [-0.15, -0.1) is 0 Å². The topological polar surface area (TPSA) is 91.0 Å². The molecule has 0 bridgehead atoms. The standard InChI is InChI=1S/C18H14N4O2/c19-9-13-4-1-2-6-17(13)22-18(23)14-8-15(11-20-10-14)21-12-16-5-3-7-24-16/h1-8,10-11,21H,12H2,(H,22,23). The maximum atomic E-state index is 12.4. The molecule has 0 atom stereocenters. The fourth-order valence-corrected chi connectivity index (χ4v) is 2.15. The lowest BCUT2D eigenvalue weighted by Crippen LogP contribution is -2.13. The number of aromatic nitrogens is 1. The van der Waals surface area contributed by atoms with Crippen LogP contribution in [0.1, 0.15) is 21.7 Å². The van der Waals surface area contributed by atoms with E-state index < -0.39 is 0 Å². The summed E-state index contributed by atoms with van der Waals surface area (Å²) < 4.78 is 5.24. The van der Waals surface area contributed by atoms with Gasteiger partial charge in [0.25, 0.3) is 5.91 Å². The third kappa shape index (κ3) is 3.59. The van der Waals surface area contributed by atoms with Gasteiger partial charge in [0.1, 0.15) is 11.8 Å². The SMILES string of the molecule is N#Cc1ccccc1NC(=O)c1cncc(NCc2ccco2)c1. The van der Waals surface area contributed by atoms with Crippen molar-refractivity contribution in [1.82, 2.24) is 4.98 Å². The average molecular weight is 318 g/mol. The Morgan fingerprint density at radius 1 is 1.21 bits per heavy atom. The monoisotopic (exact) mass is 318 g/mol. The summed E-state index contributed by atoms with van der Waals surface area (Å²) in [5.74, 6) is 0.458. The molecule has 1 amide bonds. The third-order valence-corrected chi connectivity index (χ3v) is 3.34. The van der Waals surface area contributed by atoms with Crippen molar-refractivity contribution in [2.45, 2.75) is 6.54 Å². The van der Waals surface area contributed by atoms with Gasteiger partial charge in [-0.25, -0.2) is 0 Å². The van der Waals surface area contributed by atoms with Crippen LogP contribution in [-0.2, 0) is 6.54 Å². The molecule has 3 rings (SSSR count). The first-order valence-corrected chi connectivity index (χ1v) is 7.28. The van der Waals surface area contributed by atoms with E-state index in [1.165, 1.54) is 6.20 Å². The van der Waals surface area contributed by atoms with Crippen LogP contribution in [0.3, 0.4) is 0 Å². The summed E-state index contributed by atoms with van der Waals surface area (Å²) in [6, 6.07) is 14.2. The number of para-hydroxylation sites is 1. The molecule has 0 saturated carbocycles. The summed E-state index contributed by atoms with van der Waals surface area (Å²) in [6.07, 6.45) is 4.71. The average Bonchev–Trinajstić information content (AvgIpc) is 3.14. The molecule has 24 heavy (non-hydrogen) atoms. The van der Waals surface area contributed by atoms with E-state index in [0.717, 1.165) is 5.76 Å². The van der Waals surface area contributed by atoms with E-state index in [2.05, 4.69) is 15.6 Å². The number of nitriles is 1. The van der Waals surface area contributed by atoms with Crippen LogP contribution in [-0.4, -0.2) is 10.9 Å². The summed E-state index contributed by atoms with van der Waals surface area (Å²) >= 11 is 0. The number of carbonyl (C=O) groups is 1. The molecule has 6 heteroatoms. The molecule has 118 valence electrons. The van der Waals surface area contributed by atoms with Crippen molar-refractivity contribution in [2.75, 3.05) is 10.6 Å². The number of hydrogen-bond acceptors (Lipinski definition) is 5. The Hall–Kier alpha value is -3.59. The molecule has 0 fully saturated rings. The maximum absolute atomic E-state index is 12.4. The molecule has 2 aromatic heterocycles. The van der Waals surface area contributed by atoms with Crippen molar-refractivity contribution < 1.29 is 9.21 Å². The summed E-state index contributed by atoms with van der Waals surface area (Å²) in [7, 11) is 0. The molecule has 2 N–H and O–H groups in total. The highest BCUT2D eigenvalue weighted by Crippen LogP contribution is 2.16. The van der Waals surface area contributed by atoms with Crippen LogP contribution in [0.2, 0.25) is 0 Å². The van der Waals surface area contributed by atoms with Gasteiger partial charge in [-0.1, -0.05) is 12.1 Å². The van der Waals surface area contributed by atoms with Gasteiger partial charge in [0, 0.05) is 12.4 Å². The number of hydrogen-bond donors (Lipinski definition) is 2. The molecule has 0 aliphatic rings. The third-order valence-electron chi connectivity index (χ3n) is 3.34. The van der Waals surface area contributed by atoms with Crippen LogP contribution >= 0.6 is 0 Å². The second-order valence-corrected chi connectivity index (χ2v) is 5.01. The number of anilines is 2. The highest BCUT2D eigenvalue weighted by Gasteiger charge is 2.10. The molecular formula is C18H14N4O2. The number of benzene rings is 1. The zero-order chi connectivity index (χ0) is 16.8. The highest BCUT2D eigenvalue weighted by atomic mass is 16.3. The van der Waals surface area contributed by atoms with E-state index >= 15 is 0 Å². The largest absolute Gasteiger partial charge is 0.467 e. The van der Waals surface area contributed by atoms with E-state index in [-0.39, 0.29) is 5.91 Å². The normalized spacial score (nSPS) is 9.96. The van der Waals surface area contributed by atoms with Crippen LogP contribution in [0, 0.1) is 11.3 Å². The molecule has 3 aromatic rings. The molecule has 6 nitrogen and oxygen atoms in total. The smallest absolute Gasteiger partial charge is 0.257 e. The van der Waals surface area contributed by atoms with Gasteiger partial charge in [-0.05, 0) is 30.3 Å². The van der Waals surface area contributed by atoms with Crippen LogP contribution in [0.25, 0.3) is 0 Å². The van der Waals surface area contributed by atoms with E-state index in [1.807, 2.05) is 18.2 Å².